The number of rotatable bonds is 13. The minimum absolute atomic E-state index is 0.0174. The Bertz CT molecular complexity index is 1230. The van der Waals surface area contributed by atoms with E-state index in [4.69, 9.17) is 9.47 Å². The van der Waals surface area contributed by atoms with Gasteiger partial charge >= 0.3 is 11.9 Å². The molecule has 0 spiro atoms. The first-order valence-corrected chi connectivity index (χ1v) is 11.9. The second-order valence-corrected chi connectivity index (χ2v) is 8.40. The minimum atomic E-state index is -2.05. The second-order valence-electron chi connectivity index (χ2n) is 8.40. The highest BCUT2D eigenvalue weighted by Crippen LogP contribution is 2.34. The zero-order chi connectivity index (χ0) is 27.5. The van der Waals surface area contributed by atoms with E-state index in [1.165, 1.54) is 54.7 Å². The first-order valence-electron chi connectivity index (χ1n) is 11.9. The maximum atomic E-state index is 13.7. The van der Waals surface area contributed by atoms with Gasteiger partial charge in [-0.05, 0) is 30.7 Å². The summed E-state index contributed by atoms with van der Waals surface area (Å²) in [5, 5.41) is 30.6. The molecule has 38 heavy (non-hydrogen) atoms. The van der Waals surface area contributed by atoms with Crippen molar-refractivity contribution in [3.63, 3.8) is 0 Å². The van der Waals surface area contributed by atoms with Crippen LogP contribution in [-0.2, 0) is 37.7 Å². The molecule has 0 saturated carbocycles. The molecule has 0 unspecified atom stereocenters. The van der Waals surface area contributed by atoms with Crippen molar-refractivity contribution >= 4 is 23.3 Å². The SMILES string of the molecule is CCCCCC(C(=O)OCc1ccccc1[N+](=O)[O-])(C(=O)OCc1ccccc1[N+](=O)[O-])c1cccnn1. The third kappa shape index (κ3) is 6.33. The topological polar surface area (TPSA) is 165 Å². The Morgan fingerprint density at radius 2 is 1.34 bits per heavy atom. The molecule has 12 heteroatoms. The van der Waals surface area contributed by atoms with Crippen LogP contribution >= 0.6 is 0 Å². The number of unbranched alkanes of at least 4 members (excludes halogenated alkanes) is 2. The van der Waals surface area contributed by atoms with Crippen molar-refractivity contribution in [2.75, 3.05) is 0 Å². The molecule has 0 N–H and O–H groups in total. The number of nitro groups is 2. The zero-order valence-electron chi connectivity index (χ0n) is 20.6. The largest absolute Gasteiger partial charge is 0.459 e. The van der Waals surface area contributed by atoms with Crippen LogP contribution in [0.3, 0.4) is 0 Å². The lowest BCUT2D eigenvalue weighted by molar-refractivity contribution is -0.386. The van der Waals surface area contributed by atoms with E-state index < -0.39 is 40.4 Å². The quantitative estimate of drug-likeness (QED) is 0.102. The predicted molar refractivity (Wildman–Crippen MR) is 134 cm³/mol. The normalized spacial score (nSPS) is 11.0. The van der Waals surface area contributed by atoms with Crippen LogP contribution in [0.15, 0.2) is 66.9 Å². The van der Waals surface area contributed by atoms with Gasteiger partial charge in [0.2, 0.25) is 5.41 Å². The number of ether oxygens (including phenoxy) is 2. The molecule has 0 fully saturated rings. The third-order valence-electron chi connectivity index (χ3n) is 5.96. The number of nitro benzene ring substituents is 2. The van der Waals surface area contributed by atoms with Gasteiger partial charge in [0.05, 0.1) is 26.7 Å². The Balaban J connectivity index is 1.97. The highest BCUT2D eigenvalue weighted by Gasteiger charge is 2.52. The number of carbonyl (C=O) groups is 2. The predicted octanol–water partition coefficient (Wildman–Crippen LogP) is 4.60. The number of nitrogens with zero attached hydrogens (tertiary/aromatic N) is 4. The zero-order valence-corrected chi connectivity index (χ0v) is 20.6. The second kappa shape index (κ2) is 13.0. The van der Waals surface area contributed by atoms with E-state index in [1.54, 1.807) is 12.1 Å². The lowest BCUT2D eigenvalue weighted by atomic mass is 9.79. The van der Waals surface area contributed by atoms with Crippen LogP contribution in [-0.4, -0.2) is 32.0 Å². The maximum Gasteiger partial charge on any atom is 0.330 e. The molecule has 3 aromatic rings. The Morgan fingerprint density at radius 3 is 1.79 bits per heavy atom. The number of benzene rings is 2. The van der Waals surface area contributed by atoms with Crippen LogP contribution in [0, 0.1) is 20.2 Å². The molecule has 2 aromatic carbocycles. The van der Waals surface area contributed by atoms with E-state index in [2.05, 4.69) is 10.2 Å². The summed E-state index contributed by atoms with van der Waals surface area (Å²) in [6.45, 7) is 1.01. The van der Waals surface area contributed by atoms with Gasteiger partial charge in [0, 0.05) is 18.3 Å². The van der Waals surface area contributed by atoms with Crippen LogP contribution in [0.2, 0.25) is 0 Å². The summed E-state index contributed by atoms with van der Waals surface area (Å²) in [4.78, 5) is 48.9. The molecule has 3 rings (SSSR count). The molecular formula is C26H26N4O8. The molecule has 1 heterocycles. The monoisotopic (exact) mass is 522 g/mol. The highest BCUT2D eigenvalue weighted by atomic mass is 16.6. The van der Waals surface area contributed by atoms with Crippen LogP contribution in [0.4, 0.5) is 11.4 Å². The Kier molecular flexibility index (Phi) is 9.52. The van der Waals surface area contributed by atoms with Gasteiger partial charge in [0.1, 0.15) is 13.2 Å². The van der Waals surface area contributed by atoms with E-state index in [0.717, 1.165) is 6.42 Å². The third-order valence-corrected chi connectivity index (χ3v) is 5.96. The van der Waals surface area contributed by atoms with Crippen molar-refractivity contribution in [1.29, 1.82) is 0 Å². The summed E-state index contributed by atoms with van der Waals surface area (Å²) >= 11 is 0. The molecule has 198 valence electrons. The Labute approximate surface area is 217 Å². The lowest BCUT2D eigenvalue weighted by Crippen LogP contribution is -2.47. The van der Waals surface area contributed by atoms with Gasteiger partial charge in [-0.15, -0.1) is 0 Å². The summed E-state index contributed by atoms with van der Waals surface area (Å²) in [7, 11) is 0. The van der Waals surface area contributed by atoms with E-state index in [0.29, 0.717) is 12.8 Å². The molecule has 12 nitrogen and oxygen atoms in total. The van der Waals surface area contributed by atoms with Crippen LogP contribution in [0.25, 0.3) is 0 Å². The van der Waals surface area contributed by atoms with Gasteiger partial charge in [-0.1, -0.05) is 50.5 Å². The highest BCUT2D eigenvalue weighted by molar-refractivity contribution is 6.06. The van der Waals surface area contributed by atoms with Crippen molar-refractivity contribution < 1.29 is 28.9 Å². The Morgan fingerprint density at radius 1 is 0.816 bits per heavy atom. The Hall–Kier alpha value is -4.74. The summed E-state index contributed by atoms with van der Waals surface area (Å²) in [5.74, 6) is -2.03. The molecule has 0 bridgehead atoms. The summed E-state index contributed by atoms with van der Waals surface area (Å²) in [6.07, 6.45) is 3.22. The van der Waals surface area contributed by atoms with E-state index in [-0.39, 0.29) is 34.6 Å². The number of hydrogen-bond acceptors (Lipinski definition) is 10. The fourth-order valence-corrected chi connectivity index (χ4v) is 3.95. The standard InChI is InChI=1S/C26H26N4O8/c1-2-3-8-15-26(23-14-9-16-27-28-23,24(31)37-17-19-10-4-6-12-21(19)29(33)34)25(32)38-18-20-11-5-7-13-22(20)30(35)36/h4-7,9-14,16H,2-3,8,15,17-18H2,1H3. The number of aromatic nitrogens is 2. The molecule has 0 radical (unpaired) electrons. The van der Waals surface area contributed by atoms with Crippen LogP contribution in [0.5, 0.6) is 0 Å². The van der Waals surface area contributed by atoms with Crippen molar-refractivity contribution in [3.05, 3.63) is 104 Å². The molecule has 1 aromatic heterocycles. The summed E-state index contributed by atoms with van der Waals surface area (Å²) in [5.41, 5.74) is -2.26. The van der Waals surface area contributed by atoms with Gasteiger partial charge in [0.25, 0.3) is 11.4 Å². The van der Waals surface area contributed by atoms with Crippen molar-refractivity contribution in [2.24, 2.45) is 0 Å². The van der Waals surface area contributed by atoms with Gasteiger partial charge < -0.3 is 9.47 Å². The fourth-order valence-electron chi connectivity index (χ4n) is 3.95. The summed E-state index contributed by atoms with van der Waals surface area (Å²) < 4.78 is 11.0. The average molecular weight is 523 g/mol. The molecule has 0 aliphatic rings. The summed E-state index contributed by atoms with van der Waals surface area (Å²) in [6, 6.07) is 14.5. The molecular weight excluding hydrogens is 496 g/mol. The smallest absolute Gasteiger partial charge is 0.330 e. The number of hydrogen-bond donors (Lipinski definition) is 0. The van der Waals surface area contributed by atoms with Crippen molar-refractivity contribution in [3.8, 4) is 0 Å². The van der Waals surface area contributed by atoms with E-state index >= 15 is 0 Å². The van der Waals surface area contributed by atoms with Crippen LogP contribution < -0.4 is 0 Å². The van der Waals surface area contributed by atoms with Gasteiger partial charge in [-0.3, -0.25) is 29.8 Å². The van der Waals surface area contributed by atoms with Crippen LogP contribution in [0.1, 0.15) is 49.4 Å². The lowest BCUT2D eigenvalue weighted by Gasteiger charge is -2.28. The van der Waals surface area contributed by atoms with Gasteiger partial charge in [0.15, 0.2) is 0 Å². The van der Waals surface area contributed by atoms with E-state index in [1.807, 2.05) is 6.92 Å². The number of para-hydroxylation sites is 2. The van der Waals surface area contributed by atoms with Gasteiger partial charge in [-0.2, -0.15) is 10.2 Å². The first-order chi connectivity index (χ1) is 18.3. The number of esters is 2. The molecule has 0 aliphatic carbocycles. The molecule has 0 atom stereocenters. The average Bonchev–Trinajstić information content (AvgIpc) is 2.93. The number of carbonyl (C=O) groups excluding carboxylic acids is 2. The van der Waals surface area contributed by atoms with Crippen molar-refractivity contribution in [1.82, 2.24) is 10.2 Å². The van der Waals surface area contributed by atoms with E-state index in [9.17, 15) is 29.8 Å². The van der Waals surface area contributed by atoms with Gasteiger partial charge in [-0.25, -0.2) is 0 Å². The molecule has 0 saturated heterocycles. The molecule has 0 aliphatic heterocycles. The van der Waals surface area contributed by atoms with Crippen molar-refractivity contribution in [2.45, 2.75) is 51.2 Å². The fraction of sp³-hybridized carbons (Fsp3) is 0.308. The maximum absolute atomic E-state index is 13.7. The minimum Gasteiger partial charge on any atom is -0.459 e. The molecule has 0 amide bonds. The first kappa shape index (κ1) is 27.8.